The van der Waals surface area contributed by atoms with Gasteiger partial charge in [-0.05, 0) is 35.7 Å². The second-order valence-electron chi connectivity index (χ2n) is 5.51. The normalized spacial score (nSPS) is 14.5. The highest BCUT2D eigenvalue weighted by Crippen LogP contribution is 2.18. The van der Waals surface area contributed by atoms with Crippen molar-refractivity contribution >= 4 is 21.8 Å². The van der Waals surface area contributed by atoms with Gasteiger partial charge in [-0.15, -0.1) is 10.2 Å². The number of fused-ring (bicyclic) bond motifs is 1. The van der Waals surface area contributed by atoms with E-state index in [0.29, 0.717) is 23.1 Å². The van der Waals surface area contributed by atoms with E-state index in [1.807, 2.05) is 6.92 Å². The fourth-order valence-electron chi connectivity index (χ4n) is 2.67. The number of aryl methyl sites for hydroxylation is 2. The van der Waals surface area contributed by atoms with E-state index in [0.717, 1.165) is 30.3 Å². The molecule has 118 valence electrons. The minimum absolute atomic E-state index is 0.188. The first kappa shape index (κ1) is 15.2. The molecule has 0 unspecified atom stereocenters. The average molecular weight is 367 g/mol. The van der Waals surface area contributed by atoms with Gasteiger partial charge in [0.25, 0.3) is 5.91 Å². The van der Waals surface area contributed by atoms with Crippen LogP contribution in [0, 0.1) is 6.92 Å². The van der Waals surface area contributed by atoms with Crippen LogP contribution in [0.25, 0.3) is 0 Å². The van der Waals surface area contributed by atoms with E-state index in [9.17, 15) is 4.79 Å². The summed E-state index contributed by atoms with van der Waals surface area (Å²) in [6.07, 6.45) is 5.27. The maximum atomic E-state index is 12.1. The molecule has 0 spiro atoms. The minimum Gasteiger partial charge on any atom is -0.350 e. The molecule has 1 amide bonds. The number of amides is 1. The number of rotatable bonds is 4. The Morgan fingerprint density at radius 2 is 2.23 bits per heavy atom. The molecule has 1 aliphatic heterocycles. The van der Waals surface area contributed by atoms with E-state index in [-0.39, 0.29) is 5.91 Å². The van der Waals surface area contributed by atoms with Gasteiger partial charge in [0.15, 0.2) is 5.69 Å². The van der Waals surface area contributed by atoms with E-state index in [1.54, 1.807) is 0 Å². The number of aromatic nitrogens is 5. The second kappa shape index (κ2) is 6.60. The van der Waals surface area contributed by atoms with Gasteiger partial charge in [0, 0.05) is 31.6 Å². The van der Waals surface area contributed by atoms with E-state index < -0.39 is 0 Å². The van der Waals surface area contributed by atoms with Crippen LogP contribution < -0.4 is 5.32 Å². The molecule has 0 saturated carbocycles. The summed E-state index contributed by atoms with van der Waals surface area (Å²) in [6, 6.07) is 0. The number of aromatic amines is 1. The molecule has 0 aromatic carbocycles. The van der Waals surface area contributed by atoms with Crippen LogP contribution in [-0.4, -0.2) is 37.4 Å². The molecule has 8 heteroatoms. The van der Waals surface area contributed by atoms with Crippen molar-refractivity contribution in [1.82, 2.24) is 30.3 Å². The molecule has 2 aromatic heterocycles. The number of carbonyl (C=O) groups is 1. The summed E-state index contributed by atoms with van der Waals surface area (Å²) in [5, 5.41) is 18.2. The van der Waals surface area contributed by atoms with Crippen LogP contribution in [0.4, 0.5) is 0 Å². The van der Waals surface area contributed by atoms with E-state index in [2.05, 4.69) is 46.2 Å². The molecule has 0 aliphatic carbocycles. The predicted octanol–water partition coefficient (Wildman–Crippen LogP) is 1.77. The van der Waals surface area contributed by atoms with E-state index in [4.69, 9.17) is 0 Å². The van der Waals surface area contributed by atoms with Crippen molar-refractivity contribution in [1.29, 1.82) is 0 Å². The van der Waals surface area contributed by atoms with Crippen molar-refractivity contribution < 1.29 is 4.79 Å². The Morgan fingerprint density at radius 1 is 1.36 bits per heavy atom. The number of H-pyrrole nitrogens is 1. The van der Waals surface area contributed by atoms with Gasteiger partial charge in [-0.2, -0.15) is 5.10 Å². The van der Waals surface area contributed by atoms with Gasteiger partial charge in [0.2, 0.25) is 0 Å². The SMILES string of the molecule is Cc1[nH]nc(C(=O)NCCc2nnc3n2CCCCC3)c1Br. The Hall–Kier alpha value is -1.70. The van der Waals surface area contributed by atoms with Gasteiger partial charge >= 0.3 is 0 Å². The highest BCUT2D eigenvalue weighted by molar-refractivity contribution is 9.10. The topological polar surface area (TPSA) is 88.5 Å². The third-order valence-electron chi connectivity index (χ3n) is 3.91. The molecule has 0 radical (unpaired) electrons. The van der Waals surface area contributed by atoms with Crippen LogP contribution in [0.2, 0.25) is 0 Å². The number of halogens is 1. The fourth-order valence-corrected chi connectivity index (χ4v) is 3.03. The fraction of sp³-hybridized carbons (Fsp3) is 0.571. The Morgan fingerprint density at radius 3 is 3.00 bits per heavy atom. The zero-order chi connectivity index (χ0) is 15.5. The number of hydrogen-bond acceptors (Lipinski definition) is 4. The number of nitrogens with zero attached hydrogens (tertiary/aromatic N) is 4. The second-order valence-corrected chi connectivity index (χ2v) is 6.30. The Bertz CT molecular complexity index is 677. The van der Waals surface area contributed by atoms with Crippen molar-refractivity contribution in [3.8, 4) is 0 Å². The summed E-state index contributed by atoms with van der Waals surface area (Å²) in [7, 11) is 0. The van der Waals surface area contributed by atoms with Crippen molar-refractivity contribution in [2.24, 2.45) is 0 Å². The maximum absolute atomic E-state index is 12.1. The highest BCUT2D eigenvalue weighted by Gasteiger charge is 2.17. The zero-order valence-electron chi connectivity index (χ0n) is 12.5. The third-order valence-corrected chi connectivity index (χ3v) is 4.88. The lowest BCUT2D eigenvalue weighted by molar-refractivity contribution is 0.0948. The molecule has 0 saturated heterocycles. The van der Waals surface area contributed by atoms with Gasteiger partial charge in [-0.1, -0.05) is 6.42 Å². The molecule has 7 nitrogen and oxygen atoms in total. The van der Waals surface area contributed by atoms with Crippen LogP contribution in [-0.2, 0) is 19.4 Å². The number of nitrogens with one attached hydrogen (secondary N) is 2. The van der Waals surface area contributed by atoms with Gasteiger partial charge < -0.3 is 9.88 Å². The molecular weight excluding hydrogens is 348 g/mol. The van der Waals surface area contributed by atoms with Crippen molar-refractivity contribution in [3.63, 3.8) is 0 Å². The van der Waals surface area contributed by atoms with E-state index in [1.165, 1.54) is 19.3 Å². The molecule has 2 aromatic rings. The number of carbonyl (C=O) groups excluding carboxylic acids is 1. The van der Waals surface area contributed by atoms with Crippen molar-refractivity contribution in [3.05, 3.63) is 27.5 Å². The minimum atomic E-state index is -0.188. The predicted molar refractivity (Wildman–Crippen MR) is 84.6 cm³/mol. The first-order chi connectivity index (χ1) is 10.7. The molecular formula is C14H19BrN6O. The summed E-state index contributed by atoms with van der Waals surface area (Å²) in [5.41, 5.74) is 1.23. The molecule has 3 heterocycles. The number of hydrogen-bond donors (Lipinski definition) is 2. The van der Waals surface area contributed by atoms with Crippen LogP contribution in [0.5, 0.6) is 0 Å². The Labute approximate surface area is 137 Å². The lowest BCUT2D eigenvalue weighted by Gasteiger charge is -2.07. The maximum Gasteiger partial charge on any atom is 0.272 e. The highest BCUT2D eigenvalue weighted by atomic mass is 79.9. The quantitative estimate of drug-likeness (QED) is 0.862. The molecule has 1 aliphatic rings. The van der Waals surface area contributed by atoms with Gasteiger partial charge in [0.1, 0.15) is 11.6 Å². The van der Waals surface area contributed by atoms with Gasteiger partial charge in [-0.3, -0.25) is 9.89 Å². The first-order valence-electron chi connectivity index (χ1n) is 7.56. The molecule has 22 heavy (non-hydrogen) atoms. The largest absolute Gasteiger partial charge is 0.350 e. The smallest absolute Gasteiger partial charge is 0.272 e. The van der Waals surface area contributed by atoms with Gasteiger partial charge in [0.05, 0.1) is 4.47 Å². The molecule has 0 fully saturated rings. The standard InChI is InChI=1S/C14H19BrN6O/c1-9-12(15)13(20-17-9)14(22)16-7-6-11-19-18-10-5-3-2-4-8-21(10)11/h2-8H2,1H3,(H,16,22)(H,17,20). The first-order valence-corrected chi connectivity index (χ1v) is 8.35. The van der Waals surface area contributed by atoms with Crippen LogP contribution in [0.1, 0.15) is 47.1 Å². The van der Waals surface area contributed by atoms with Gasteiger partial charge in [-0.25, -0.2) is 0 Å². The molecule has 0 bridgehead atoms. The van der Waals surface area contributed by atoms with Crippen molar-refractivity contribution in [2.75, 3.05) is 6.54 Å². The summed E-state index contributed by atoms with van der Waals surface area (Å²) < 4.78 is 2.91. The van der Waals surface area contributed by atoms with Crippen LogP contribution in [0.3, 0.4) is 0 Å². The van der Waals surface area contributed by atoms with Crippen LogP contribution in [0.15, 0.2) is 4.47 Å². The molecule has 2 N–H and O–H groups in total. The lowest BCUT2D eigenvalue weighted by atomic mass is 10.2. The van der Waals surface area contributed by atoms with Crippen LogP contribution >= 0.6 is 15.9 Å². The summed E-state index contributed by atoms with van der Waals surface area (Å²) in [5.74, 6) is 1.84. The lowest BCUT2D eigenvalue weighted by Crippen LogP contribution is -2.27. The zero-order valence-corrected chi connectivity index (χ0v) is 14.1. The monoisotopic (exact) mass is 366 g/mol. The summed E-state index contributed by atoms with van der Waals surface area (Å²) >= 11 is 3.36. The molecule has 0 atom stereocenters. The van der Waals surface area contributed by atoms with Crippen molar-refractivity contribution in [2.45, 2.75) is 45.6 Å². The third kappa shape index (κ3) is 3.06. The summed E-state index contributed by atoms with van der Waals surface area (Å²) in [6.45, 7) is 3.37. The molecule has 3 rings (SSSR count). The Kier molecular flexibility index (Phi) is 4.56. The average Bonchev–Trinajstić information content (AvgIpc) is 2.94. The Balaban J connectivity index is 1.58. The summed E-state index contributed by atoms with van der Waals surface area (Å²) in [4.78, 5) is 12.1. The van der Waals surface area contributed by atoms with E-state index >= 15 is 0 Å².